The van der Waals surface area contributed by atoms with Gasteiger partial charge in [-0.15, -0.1) is 0 Å². The van der Waals surface area contributed by atoms with Crippen LogP contribution in [0, 0.1) is 0 Å². The van der Waals surface area contributed by atoms with Crippen molar-refractivity contribution in [3.05, 3.63) is 65.7 Å². The van der Waals surface area contributed by atoms with E-state index in [4.69, 9.17) is 0 Å². The molecule has 0 aliphatic carbocycles. The van der Waals surface area contributed by atoms with E-state index in [2.05, 4.69) is 5.32 Å². The minimum absolute atomic E-state index is 0.214. The van der Waals surface area contributed by atoms with Crippen LogP contribution in [-0.4, -0.2) is 62.8 Å². The molecule has 0 spiro atoms. The van der Waals surface area contributed by atoms with Gasteiger partial charge in [-0.1, -0.05) is 49.4 Å². The van der Waals surface area contributed by atoms with Gasteiger partial charge in [0.25, 0.3) is 0 Å². The van der Waals surface area contributed by atoms with Crippen molar-refractivity contribution < 1.29 is 22.8 Å². The largest absolute Gasteiger partial charge is 0.355 e. The Morgan fingerprint density at radius 3 is 2.24 bits per heavy atom. The number of nitrogens with one attached hydrogen (secondary N) is 1. The Labute approximate surface area is 202 Å². The lowest BCUT2D eigenvalue weighted by Gasteiger charge is -2.32. The Bertz CT molecular complexity index is 1100. The highest BCUT2D eigenvalue weighted by atomic mass is 32.2. The number of amides is 2. The first-order chi connectivity index (χ1) is 16.1. The van der Waals surface area contributed by atoms with Gasteiger partial charge in [0.1, 0.15) is 12.6 Å². The number of hydrogen-bond donors (Lipinski definition) is 1. The number of benzene rings is 2. The number of carbonyl (C=O) groups excluding carboxylic acids is 3. The lowest BCUT2D eigenvalue weighted by molar-refractivity contribution is -0.139. The number of hydrogen-bond acceptors (Lipinski definition) is 5. The van der Waals surface area contributed by atoms with Gasteiger partial charge in [-0.05, 0) is 44.4 Å². The Morgan fingerprint density at radius 2 is 1.68 bits per heavy atom. The minimum Gasteiger partial charge on any atom is -0.355 e. The van der Waals surface area contributed by atoms with Crippen LogP contribution in [-0.2, 0) is 26.0 Å². The van der Waals surface area contributed by atoms with E-state index in [1.807, 2.05) is 37.3 Å². The van der Waals surface area contributed by atoms with E-state index in [0.29, 0.717) is 24.9 Å². The first kappa shape index (κ1) is 27.0. The fourth-order valence-electron chi connectivity index (χ4n) is 3.68. The van der Waals surface area contributed by atoms with Crippen molar-refractivity contribution in [3.63, 3.8) is 0 Å². The SMILES string of the molecule is CCNC(=O)C(CC)N(CCc1ccccc1)C(=O)CN(c1cccc(C(C)=O)c1)S(C)(=O)=O. The third kappa shape index (κ3) is 7.41. The maximum atomic E-state index is 13.5. The average Bonchev–Trinajstić information content (AvgIpc) is 2.80. The molecule has 2 aromatic carbocycles. The summed E-state index contributed by atoms with van der Waals surface area (Å²) >= 11 is 0. The number of Topliss-reactive ketones (excluding diaryl/α,β-unsaturated/α-hetero) is 1. The van der Waals surface area contributed by atoms with Gasteiger partial charge >= 0.3 is 0 Å². The molecule has 1 N–H and O–H groups in total. The van der Waals surface area contributed by atoms with Gasteiger partial charge in [0.05, 0.1) is 11.9 Å². The second kappa shape index (κ2) is 12.3. The van der Waals surface area contributed by atoms with Crippen molar-refractivity contribution in [2.45, 2.75) is 39.7 Å². The topological polar surface area (TPSA) is 104 Å². The molecule has 0 heterocycles. The van der Waals surface area contributed by atoms with E-state index in [9.17, 15) is 22.8 Å². The predicted octanol–water partition coefficient (Wildman–Crippen LogP) is 2.64. The van der Waals surface area contributed by atoms with Gasteiger partial charge in [-0.3, -0.25) is 18.7 Å². The fraction of sp³-hybridized carbons (Fsp3) is 0.400. The quantitative estimate of drug-likeness (QED) is 0.464. The molecule has 2 rings (SSSR count). The molecule has 8 nitrogen and oxygen atoms in total. The molecular formula is C25H33N3O5S. The van der Waals surface area contributed by atoms with Crippen LogP contribution in [0.4, 0.5) is 5.69 Å². The number of rotatable bonds is 12. The molecule has 1 unspecified atom stereocenters. The molecule has 0 saturated carbocycles. The first-order valence-electron chi connectivity index (χ1n) is 11.3. The van der Waals surface area contributed by atoms with Crippen LogP contribution in [0.3, 0.4) is 0 Å². The third-order valence-corrected chi connectivity index (χ3v) is 6.58. The number of ketones is 1. The van der Waals surface area contributed by atoms with E-state index in [0.717, 1.165) is 16.1 Å². The summed E-state index contributed by atoms with van der Waals surface area (Å²) in [5.41, 5.74) is 1.56. The molecule has 2 amide bonds. The maximum absolute atomic E-state index is 13.5. The molecule has 0 aliphatic rings. The molecule has 0 aliphatic heterocycles. The van der Waals surface area contributed by atoms with Crippen molar-refractivity contribution in [1.82, 2.24) is 10.2 Å². The second-order valence-electron chi connectivity index (χ2n) is 8.02. The molecule has 0 fully saturated rings. The molecule has 184 valence electrons. The molecule has 9 heteroatoms. The van der Waals surface area contributed by atoms with E-state index >= 15 is 0 Å². The minimum atomic E-state index is -3.85. The van der Waals surface area contributed by atoms with Gasteiger partial charge in [0.2, 0.25) is 21.8 Å². The zero-order chi connectivity index (χ0) is 25.3. The molecule has 1 atom stereocenters. The lowest BCUT2D eigenvalue weighted by atomic mass is 10.1. The first-order valence-corrected chi connectivity index (χ1v) is 13.1. The Kier molecular flexibility index (Phi) is 9.80. The number of anilines is 1. The summed E-state index contributed by atoms with van der Waals surface area (Å²) in [5.74, 6) is -0.989. The van der Waals surface area contributed by atoms with Gasteiger partial charge in [0, 0.05) is 18.7 Å². The summed E-state index contributed by atoms with van der Waals surface area (Å²) in [5, 5.41) is 2.76. The summed E-state index contributed by atoms with van der Waals surface area (Å²) in [7, 11) is -3.85. The van der Waals surface area contributed by atoms with Crippen molar-refractivity contribution >= 4 is 33.3 Å². The normalized spacial score (nSPS) is 12.0. The molecular weight excluding hydrogens is 454 g/mol. The lowest BCUT2D eigenvalue weighted by Crippen LogP contribution is -2.53. The van der Waals surface area contributed by atoms with Crippen LogP contribution in [0.15, 0.2) is 54.6 Å². The maximum Gasteiger partial charge on any atom is 0.244 e. The number of nitrogens with zero attached hydrogens (tertiary/aromatic N) is 2. The van der Waals surface area contributed by atoms with Gasteiger partial charge in [-0.2, -0.15) is 0 Å². The average molecular weight is 488 g/mol. The van der Waals surface area contributed by atoms with Crippen LogP contribution in [0.25, 0.3) is 0 Å². The Balaban J connectivity index is 2.38. The Hall–Kier alpha value is -3.20. The highest BCUT2D eigenvalue weighted by molar-refractivity contribution is 7.92. The molecule has 0 saturated heterocycles. The molecule has 0 radical (unpaired) electrons. The van der Waals surface area contributed by atoms with E-state index in [1.54, 1.807) is 19.1 Å². The van der Waals surface area contributed by atoms with E-state index < -0.39 is 28.5 Å². The van der Waals surface area contributed by atoms with Crippen molar-refractivity contribution in [3.8, 4) is 0 Å². The third-order valence-electron chi connectivity index (χ3n) is 5.44. The van der Waals surface area contributed by atoms with Crippen molar-refractivity contribution in [2.24, 2.45) is 0 Å². The van der Waals surface area contributed by atoms with Crippen LogP contribution >= 0.6 is 0 Å². The van der Waals surface area contributed by atoms with Crippen LogP contribution < -0.4 is 9.62 Å². The summed E-state index contributed by atoms with van der Waals surface area (Å²) in [6, 6.07) is 15.0. The Morgan fingerprint density at radius 1 is 1.00 bits per heavy atom. The second-order valence-corrected chi connectivity index (χ2v) is 9.92. The number of carbonyl (C=O) groups is 3. The number of sulfonamides is 1. The van der Waals surface area contributed by atoms with Gasteiger partial charge < -0.3 is 10.2 Å². The monoisotopic (exact) mass is 487 g/mol. The van der Waals surface area contributed by atoms with Crippen molar-refractivity contribution in [1.29, 1.82) is 0 Å². The standard InChI is InChI=1S/C25H33N3O5S/c1-5-23(25(31)26-6-2)27(16-15-20-11-8-7-9-12-20)24(30)18-28(34(4,32)33)22-14-10-13-21(17-22)19(3)29/h7-14,17,23H,5-6,15-16,18H2,1-4H3,(H,26,31). The van der Waals surface area contributed by atoms with E-state index in [-0.39, 0.29) is 23.9 Å². The zero-order valence-corrected chi connectivity index (χ0v) is 21.0. The van der Waals surface area contributed by atoms with Crippen molar-refractivity contribution in [2.75, 3.05) is 30.2 Å². The van der Waals surface area contributed by atoms with Gasteiger partial charge in [0.15, 0.2) is 5.78 Å². The summed E-state index contributed by atoms with van der Waals surface area (Å²) < 4.78 is 26.2. The van der Waals surface area contributed by atoms with Crippen LogP contribution in [0.5, 0.6) is 0 Å². The molecule has 2 aromatic rings. The zero-order valence-electron chi connectivity index (χ0n) is 20.2. The van der Waals surface area contributed by atoms with Crippen LogP contribution in [0.1, 0.15) is 43.1 Å². The summed E-state index contributed by atoms with van der Waals surface area (Å²) in [6.07, 6.45) is 1.91. The summed E-state index contributed by atoms with van der Waals surface area (Å²) in [6.45, 7) is 5.19. The predicted molar refractivity (Wildman–Crippen MR) is 133 cm³/mol. The van der Waals surface area contributed by atoms with Crippen LogP contribution in [0.2, 0.25) is 0 Å². The van der Waals surface area contributed by atoms with Gasteiger partial charge in [-0.25, -0.2) is 8.42 Å². The highest BCUT2D eigenvalue weighted by Gasteiger charge is 2.31. The summed E-state index contributed by atoms with van der Waals surface area (Å²) in [4.78, 5) is 39.5. The highest BCUT2D eigenvalue weighted by Crippen LogP contribution is 2.21. The molecule has 0 bridgehead atoms. The van der Waals surface area contributed by atoms with E-state index in [1.165, 1.54) is 24.0 Å². The number of likely N-dealkylation sites (N-methyl/N-ethyl adjacent to an activating group) is 1. The molecule has 0 aromatic heterocycles. The smallest absolute Gasteiger partial charge is 0.244 e. The fourth-order valence-corrected chi connectivity index (χ4v) is 4.52. The molecule has 34 heavy (non-hydrogen) atoms.